The number of hydrogen-bond donors (Lipinski definition) is 2. The first-order valence-electron chi connectivity index (χ1n) is 7.44. The first-order valence-corrected chi connectivity index (χ1v) is 7.44. The maximum absolute atomic E-state index is 12.3. The highest BCUT2D eigenvalue weighted by Crippen LogP contribution is 2.18. The Morgan fingerprint density at radius 1 is 1.35 bits per heavy atom. The number of methoxy groups -OCH3 is 1. The van der Waals surface area contributed by atoms with Crippen LogP contribution in [0.3, 0.4) is 0 Å². The lowest BCUT2D eigenvalue weighted by Gasteiger charge is -2.25. The molecule has 7 nitrogen and oxygen atoms in total. The number of amides is 2. The Kier molecular flexibility index (Phi) is 5.56. The van der Waals surface area contributed by atoms with Crippen LogP contribution >= 0.6 is 0 Å². The molecule has 23 heavy (non-hydrogen) atoms. The molecule has 124 valence electrons. The molecular formula is C16H20N2O5. The molecule has 1 aliphatic rings. The lowest BCUT2D eigenvalue weighted by Crippen LogP contribution is -2.52. The molecule has 1 fully saturated rings. The van der Waals surface area contributed by atoms with Crippen molar-refractivity contribution >= 4 is 18.0 Å². The number of carboxylic acid groups (broad SMARTS) is 1. The van der Waals surface area contributed by atoms with Crippen LogP contribution in [0.1, 0.15) is 18.4 Å². The number of benzene rings is 1. The van der Waals surface area contributed by atoms with Gasteiger partial charge in [0.1, 0.15) is 12.1 Å². The summed E-state index contributed by atoms with van der Waals surface area (Å²) in [6, 6.07) is 6.80. The zero-order valence-electron chi connectivity index (χ0n) is 12.9. The van der Waals surface area contributed by atoms with Crippen LogP contribution in [-0.2, 0) is 20.7 Å². The number of aliphatic carboxylic acids is 1. The number of carbonyl (C=O) groups excluding carboxylic acids is 2. The molecule has 0 saturated carbocycles. The Bertz CT molecular complexity index is 575. The predicted molar refractivity (Wildman–Crippen MR) is 81.8 cm³/mol. The third kappa shape index (κ3) is 4.21. The molecule has 1 heterocycles. The van der Waals surface area contributed by atoms with Crippen molar-refractivity contribution in [2.24, 2.45) is 0 Å². The van der Waals surface area contributed by atoms with Crippen LogP contribution in [0.25, 0.3) is 0 Å². The Balaban J connectivity index is 2.03. The topological polar surface area (TPSA) is 95.9 Å². The molecule has 1 aromatic rings. The van der Waals surface area contributed by atoms with E-state index < -0.39 is 30.1 Å². The van der Waals surface area contributed by atoms with E-state index in [1.807, 2.05) is 18.2 Å². The second-order valence-corrected chi connectivity index (χ2v) is 5.40. The maximum Gasteiger partial charge on any atom is 0.328 e. The van der Waals surface area contributed by atoms with E-state index in [1.54, 1.807) is 12.1 Å². The molecule has 0 aliphatic carbocycles. The van der Waals surface area contributed by atoms with Crippen molar-refractivity contribution in [1.29, 1.82) is 0 Å². The number of esters is 1. The van der Waals surface area contributed by atoms with E-state index in [0.29, 0.717) is 19.4 Å². The summed E-state index contributed by atoms with van der Waals surface area (Å²) in [6.45, 7) is 0.406. The molecule has 2 amide bonds. The van der Waals surface area contributed by atoms with Crippen LogP contribution in [0, 0.1) is 0 Å². The monoisotopic (exact) mass is 320 g/mol. The van der Waals surface area contributed by atoms with Crippen molar-refractivity contribution in [2.45, 2.75) is 31.3 Å². The van der Waals surface area contributed by atoms with Gasteiger partial charge in [-0.2, -0.15) is 0 Å². The van der Waals surface area contributed by atoms with Gasteiger partial charge in [-0.3, -0.25) is 0 Å². The number of carboxylic acids is 1. The fourth-order valence-corrected chi connectivity index (χ4v) is 2.67. The van der Waals surface area contributed by atoms with E-state index in [0.717, 1.165) is 5.56 Å². The van der Waals surface area contributed by atoms with Crippen molar-refractivity contribution in [3.63, 3.8) is 0 Å². The number of carbonyl (C=O) groups is 3. The average Bonchev–Trinajstić information content (AvgIpc) is 3.04. The first kappa shape index (κ1) is 16.8. The molecule has 1 aliphatic heterocycles. The van der Waals surface area contributed by atoms with Gasteiger partial charge in [-0.25, -0.2) is 14.4 Å². The van der Waals surface area contributed by atoms with E-state index >= 15 is 0 Å². The normalized spacial score (nSPS) is 18.3. The highest BCUT2D eigenvalue weighted by Gasteiger charge is 2.36. The largest absolute Gasteiger partial charge is 0.480 e. The molecular weight excluding hydrogens is 300 g/mol. The Hall–Kier alpha value is -2.57. The van der Waals surface area contributed by atoms with Gasteiger partial charge in [-0.05, 0) is 18.4 Å². The fourth-order valence-electron chi connectivity index (χ4n) is 2.67. The standard InChI is InChI=1S/C16H20N2O5/c1-23-15(21)13-8-5-9-18(13)16(22)17-12(14(19)20)10-11-6-3-2-4-7-11/h2-4,6-7,12-13H,5,8-10H2,1H3,(H,17,22)(H,19,20)/t12-,13?/m0/s1. The van der Waals surface area contributed by atoms with E-state index in [2.05, 4.69) is 10.1 Å². The smallest absolute Gasteiger partial charge is 0.328 e. The number of nitrogens with one attached hydrogen (secondary N) is 1. The Labute approximate surface area is 134 Å². The van der Waals surface area contributed by atoms with Gasteiger partial charge >= 0.3 is 18.0 Å². The van der Waals surface area contributed by atoms with Gasteiger partial charge in [0.2, 0.25) is 0 Å². The summed E-state index contributed by atoms with van der Waals surface area (Å²) in [6.07, 6.45) is 1.39. The van der Waals surface area contributed by atoms with Crippen molar-refractivity contribution in [3.8, 4) is 0 Å². The van der Waals surface area contributed by atoms with E-state index in [1.165, 1.54) is 12.0 Å². The van der Waals surface area contributed by atoms with Gasteiger partial charge in [0.05, 0.1) is 7.11 Å². The number of ether oxygens (including phenoxy) is 1. The molecule has 0 aromatic heterocycles. The lowest BCUT2D eigenvalue weighted by atomic mass is 10.1. The van der Waals surface area contributed by atoms with E-state index in [4.69, 9.17) is 0 Å². The summed E-state index contributed by atoms with van der Waals surface area (Å²) >= 11 is 0. The average molecular weight is 320 g/mol. The van der Waals surface area contributed by atoms with Crippen molar-refractivity contribution in [2.75, 3.05) is 13.7 Å². The summed E-state index contributed by atoms with van der Waals surface area (Å²) in [5, 5.41) is 11.8. The van der Waals surface area contributed by atoms with Crippen molar-refractivity contribution in [3.05, 3.63) is 35.9 Å². The molecule has 7 heteroatoms. The highest BCUT2D eigenvalue weighted by molar-refractivity contribution is 5.87. The molecule has 2 atom stereocenters. The summed E-state index contributed by atoms with van der Waals surface area (Å²) in [7, 11) is 1.27. The number of nitrogens with zero attached hydrogens (tertiary/aromatic N) is 1. The van der Waals surface area contributed by atoms with Crippen molar-refractivity contribution in [1.82, 2.24) is 10.2 Å². The Morgan fingerprint density at radius 2 is 2.04 bits per heavy atom. The van der Waals surface area contributed by atoms with Crippen LogP contribution in [0.15, 0.2) is 30.3 Å². The van der Waals surface area contributed by atoms with Gasteiger partial charge in [-0.15, -0.1) is 0 Å². The van der Waals surface area contributed by atoms with E-state index in [-0.39, 0.29) is 6.42 Å². The zero-order chi connectivity index (χ0) is 16.8. The molecule has 1 aromatic carbocycles. The summed E-state index contributed by atoms with van der Waals surface area (Å²) in [5.41, 5.74) is 0.811. The second kappa shape index (κ2) is 7.62. The van der Waals surface area contributed by atoms with Crippen LogP contribution in [0.2, 0.25) is 0 Å². The minimum absolute atomic E-state index is 0.179. The number of likely N-dealkylation sites (tertiary alicyclic amines) is 1. The summed E-state index contributed by atoms with van der Waals surface area (Å²) in [4.78, 5) is 36.7. The van der Waals surface area contributed by atoms with E-state index in [9.17, 15) is 19.5 Å². The quantitative estimate of drug-likeness (QED) is 0.790. The summed E-state index contributed by atoms with van der Waals surface area (Å²) in [5.74, 6) is -1.59. The number of rotatable bonds is 5. The van der Waals surface area contributed by atoms with Crippen molar-refractivity contribution < 1.29 is 24.2 Å². The molecule has 0 spiro atoms. The molecule has 0 radical (unpaired) electrons. The fraction of sp³-hybridized carbons (Fsp3) is 0.438. The molecule has 2 N–H and O–H groups in total. The van der Waals surface area contributed by atoms with Gasteiger partial charge in [0.15, 0.2) is 0 Å². The van der Waals surface area contributed by atoms with Crippen LogP contribution < -0.4 is 5.32 Å². The van der Waals surface area contributed by atoms with Crippen LogP contribution in [-0.4, -0.2) is 53.7 Å². The number of urea groups is 1. The van der Waals surface area contributed by atoms with Crippen LogP contribution in [0.5, 0.6) is 0 Å². The zero-order valence-corrected chi connectivity index (χ0v) is 12.9. The molecule has 2 rings (SSSR count). The minimum Gasteiger partial charge on any atom is -0.480 e. The predicted octanol–water partition coefficient (Wildman–Crippen LogP) is 1.03. The van der Waals surface area contributed by atoms with Gasteiger partial charge in [0.25, 0.3) is 0 Å². The van der Waals surface area contributed by atoms with Gasteiger partial charge in [0, 0.05) is 13.0 Å². The Morgan fingerprint density at radius 3 is 2.65 bits per heavy atom. The lowest BCUT2D eigenvalue weighted by molar-refractivity contribution is -0.144. The molecule has 0 bridgehead atoms. The third-order valence-electron chi connectivity index (χ3n) is 3.87. The van der Waals surface area contributed by atoms with Gasteiger partial charge in [-0.1, -0.05) is 30.3 Å². The second-order valence-electron chi connectivity index (χ2n) is 5.40. The SMILES string of the molecule is COC(=O)C1CCCN1C(=O)N[C@@H](Cc1ccccc1)C(=O)O. The third-order valence-corrected chi connectivity index (χ3v) is 3.87. The van der Waals surface area contributed by atoms with Crippen LogP contribution in [0.4, 0.5) is 4.79 Å². The molecule has 1 saturated heterocycles. The first-order chi connectivity index (χ1) is 11.0. The highest BCUT2D eigenvalue weighted by atomic mass is 16.5. The minimum atomic E-state index is -1.11. The number of hydrogen-bond acceptors (Lipinski definition) is 4. The maximum atomic E-state index is 12.3. The summed E-state index contributed by atoms with van der Waals surface area (Å²) < 4.78 is 4.69. The molecule has 1 unspecified atom stereocenters. The van der Waals surface area contributed by atoms with Gasteiger partial charge < -0.3 is 20.1 Å².